The second-order valence-corrected chi connectivity index (χ2v) is 4.28. The molecule has 0 N–H and O–H groups in total. The Hall–Kier alpha value is -2.35. The molecule has 2 aromatic carbocycles. The molecule has 0 unspecified atom stereocenters. The lowest BCUT2D eigenvalue weighted by Gasteiger charge is -2.08. The van der Waals surface area contributed by atoms with Gasteiger partial charge in [0.15, 0.2) is 0 Å². The van der Waals surface area contributed by atoms with Gasteiger partial charge in [0.1, 0.15) is 5.75 Å². The fourth-order valence-corrected chi connectivity index (χ4v) is 2.21. The Morgan fingerprint density at radius 3 is 2.95 bits per heavy atom. The summed E-state index contributed by atoms with van der Waals surface area (Å²) >= 11 is 0. The van der Waals surface area contributed by atoms with Crippen LogP contribution < -0.4 is 4.74 Å². The van der Waals surface area contributed by atoms with Gasteiger partial charge in [-0.15, -0.1) is 0 Å². The first-order valence-electron chi connectivity index (χ1n) is 6.86. The number of benzene rings is 2. The Kier molecular flexibility index (Phi) is 2.84. The van der Waals surface area contributed by atoms with E-state index in [9.17, 15) is 0 Å². The Balaban J connectivity index is 2.19. The van der Waals surface area contributed by atoms with Gasteiger partial charge in [-0.3, -0.25) is 4.98 Å². The van der Waals surface area contributed by atoms with E-state index in [0.29, 0.717) is 12.6 Å². The van der Waals surface area contributed by atoms with Crippen LogP contribution in [0.15, 0.2) is 60.9 Å². The highest BCUT2D eigenvalue weighted by Gasteiger charge is 2.04. The minimum absolute atomic E-state index is 0.540. The van der Waals surface area contributed by atoms with Crippen LogP contribution in [0.4, 0.5) is 0 Å². The normalized spacial score (nSPS) is 11.3. The number of aromatic nitrogens is 1. The Morgan fingerprint density at radius 1 is 1.16 bits per heavy atom. The van der Waals surface area contributed by atoms with Crippen molar-refractivity contribution in [1.29, 1.82) is 0 Å². The molecule has 0 radical (unpaired) electrons. The maximum absolute atomic E-state index is 7.99. The van der Waals surface area contributed by atoms with Crippen molar-refractivity contribution >= 4 is 10.8 Å². The molecule has 0 atom stereocenters. The van der Waals surface area contributed by atoms with E-state index >= 15 is 0 Å². The third kappa shape index (κ3) is 2.29. The number of pyridine rings is 1. The molecule has 0 spiro atoms. The topological polar surface area (TPSA) is 22.1 Å². The third-order valence-electron chi connectivity index (χ3n) is 3.04. The molecule has 0 aliphatic heterocycles. The molecule has 3 aromatic rings. The molecule has 0 aliphatic rings. The second-order valence-electron chi connectivity index (χ2n) is 4.28. The SMILES string of the molecule is [2H]c1ccc(-c2cncc(OCC)c2)c2ccccc12. The maximum Gasteiger partial charge on any atom is 0.138 e. The maximum atomic E-state index is 7.99. The quantitative estimate of drug-likeness (QED) is 0.691. The standard InChI is InChI=1S/C17H15NO/c1-2-19-15-10-14(11-18-12-15)17-9-5-7-13-6-3-4-8-16(13)17/h3-12H,2H2,1H3/i7D. The van der Waals surface area contributed by atoms with E-state index in [1.54, 1.807) is 6.20 Å². The Bertz CT molecular complexity index is 755. The first-order chi connectivity index (χ1) is 9.79. The van der Waals surface area contributed by atoms with E-state index < -0.39 is 0 Å². The zero-order chi connectivity index (χ0) is 13.9. The average Bonchev–Trinajstić information content (AvgIpc) is 2.49. The minimum Gasteiger partial charge on any atom is -0.492 e. The number of nitrogens with zero attached hydrogens (tertiary/aromatic N) is 1. The molecule has 0 saturated carbocycles. The summed E-state index contributed by atoms with van der Waals surface area (Å²) in [5.41, 5.74) is 2.08. The van der Waals surface area contributed by atoms with Crippen LogP contribution in [0.1, 0.15) is 8.29 Å². The predicted molar refractivity (Wildman–Crippen MR) is 78.3 cm³/mol. The Morgan fingerprint density at radius 2 is 2.05 bits per heavy atom. The van der Waals surface area contributed by atoms with E-state index in [4.69, 9.17) is 6.11 Å². The molecule has 94 valence electrons. The third-order valence-corrected chi connectivity index (χ3v) is 3.04. The van der Waals surface area contributed by atoms with E-state index in [1.165, 1.54) is 0 Å². The molecule has 0 fully saturated rings. The summed E-state index contributed by atoms with van der Waals surface area (Å²) in [5, 5.41) is 2.02. The molecule has 1 heterocycles. The van der Waals surface area contributed by atoms with Crippen molar-refractivity contribution < 1.29 is 6.11 Å². The predicted octanol–water partition coefficient (Wildman–Crippen LogP) is 4.30. The van der Waals surface area contributed by atoms with Crippen LogP contribution >= 0.6 is 0 Å². The molecule has 0 amide bonds. The van der Waals surface area contributed by atoms with Crippen LogP contribution in [-0.4, -0.2) is 11.6 Å². The van der Waals surface area contributed by atoms with Crippen LogP contribution in [0.2, 0.25) is 0 Å². The van der Waals surface area contributed by atoms with Crippen LogP contribution in [0, 0.1) is 0 Å². The van der Waals surface area contributed by atoms with Gasteiger partial charge >= 0.3 is 0 Å². The summed E-state index contributed by atoms with van der Waals surface area (Å²) in [6, 6.07) is 14.3. The highest BCUT2D eigenvalue weighted by Crippen LogP contribution is 2.29. The van der Waals surface area contributed by atoms with Crippen LogP contribution in [-0.2, 0) is 0 Å². The molecular weight excluding hydrogens is 234 g/mol. The van der Waals surface area contributed by atoms with Gasteiger partial charge in [0.05, 0.1) is 14.2 Å². The van der Waals surface area contributed by atoms with E-state index in [0.717, 1.165) is 27.6 Å². The largest absolute Gasteiger partial charge is 0.492 e. The zero-order valence-electron chi connectivity index (χ0n) is 11.8. The number of rotatable bonds is 3. The molecule has 19 heavy (non-hydrogen) atoms. The minimum atomic E-state index is 0.540. The summed E-state index contributed by atoms with van der Waals surface area (Å²) in [6.07, 6.45) is 3.54. The lowest BCUT2D eigenvalue weighted by molar-refractivity contribution is 0.339. The molecule has 2 heteroatoms. The van der Waals surface area contributed by atoms with Crippen LogP contribution in [0.25, 0.3) is 21.9 Å². The van der Waals surface area contributed by atoms with Crippen molar-refractivity contribution in [3.63, 3.8) is 0 Å². The van der Waals surface area contributed by atoms with Gasteiger partial charge in [0.25, 0.3) is 0 Å². The number of hydrogen-bond donors (Lipinski definition) is 0. The first-order valence-corrected chi connectivity index (χ1v) is 6.36. The van der Waals surface area contributed by atoms with Gasteiger partial charge in [0, 0.05) is 11.8 Å². The summed E-state index contributed by atoms with van der Waals surface area (Å²) in [7, 11) is 0. The van der Waals surface area contributed by atoms with Crippen molar-refractivity contribution in [3.05, 3.63) is 60.9 Å². The van der Waals surface area contributed by atoms with Gasteiger partial charge in [-0.25, -0.2) is 0 Å². The number of hydrogen-bond acceptors (Lipinski definition) is 2. The van der Waals surface area contributed by atoms with Crippen LogP contribution in [0.5, 0.6) is 5.75 Å². The molecule has 3 rings (SSSR count). The fraction of sp³-hybridized carbons (Fsp3) is 0.118. The number of ether oxygens (including phenoxy) is 1. The summed E-state index contributed by atoms with van der Waals surface area (Å²) in [4.78, 5) is 4.24. The van der Waals surface area contributed by atoms with Crippen molar-refractivity contribution in [2.75, 3.05) is 6.61 Å². The van der Waals surface area contributed by atoms with E-state index in [2.05, 4.69) is 4.98 Å². The highest BCUT2D eigenvalue weighted by atomic mass is 16.5. The molecule has 0 bridgehead atoms. The van der Waals surface area contributed by atoms with E-state index in [-0.39, 0.29) is 0 Å². The van der Waals surface area contributed by atoms with Gasteiger partial charge < -0.3 is 4.74 Å². The molecule has 0 aliphatic carbocycles. The van der Waals surface area contributed by atoms with E-state index in [1.807, 2.05) is 55.6 Å². The van der Waals surface area contributed by atoms with Gasteiger partial charge in [-0.05, 0) is 29.3 Å². The van der Waals surface area contributed by atoms with Gasteiger partial charge in [-0.1, -0.05) is 42.4 Å². The molecular formula is C17H15NO. The van der Waals surface area contributed by atoms with Crippen LogP contribution in [0.3, 0.4) is 0 Å². The van der Waals surface area contributed by atoms with Gasteiger partial charge in [0.2, 0.25) is 0 Å². The lowest BCUT2D eigenvalue weighted by atomic mass is 9.99. The smallest absolute Gasteiger partial charge is 0.138 e. The molecule has 2 nitrogen and oxygen atoms in total. The Labute approximate surface area is 114 Å². The zero-order valence-corrected chi connectivity index (χ0v) is 10.8. The van der Waals surface area contributed by atoms with Gasteiger partial charge in [-0.2, -0.15) is 0 Å². The average molecular weight is 250 g/mol. The summed E-state index contributed by atoms with van der Waals surface area (Å²) in [5.74, 6) is 0.768. The van der Waals surface area contributed by atoms with Crippen molar-refractivity contribution in [2.24, 2.45) is 0 Å². The van der Waals surface area contributed by atoms with Crippen molar-refractivity contribution in [3.8, 4) is 16.9 Å². The molecule has 0 saturated heterocycles. The number of fused-ring (bicyclic) bond motifs is 1. The monoisotopic (exact) mass is 250 g/mol. The highest BCUT2D eigenvalue weighted by molar-refractivity contribution is 5.96. The summed E-state index contributed by atoms with van der Waals surface area (Å²) in [6.45, 7) is 2.58. The first kappa shape index (κ1) is 10.6. The van der Waals surface area contributed by atoms with Crippen molar-refractivity contribution in [1.82, 2.24) is 4.98 Å². The second kappa shape index (κ2) is 5.11. The molecule has 1 aromatic heterocycles. The fourth-order valence-electron chi connectivity index (χ4n) is 2.21. The summed E-state index contributed by atoms with van der Waals surface area (Å²) < 4.78 is 13.5. The van der Waals surface area contributed by atoms with Crippen molar-refractivity contribution in [2.45, 2.75) is 6.92 Å². The lowest BCUT2D eigenvalue weighted by Crippen LogP contribution is -1.92.